The Morgan fingerprint density at radius 2 is 1.96 bits per heavy atom. The molecule has 0 unspecified atom stereocenters. The van der Waals surface area contributed by atoms with Crippen LogP contribution in [0.3, 0.4) is 0 Å². The molecule has 5 heteroatoms. The SMILES string of the molecule is COCCCc1cn(COCC[Si](C)(C)C)c2ccc(Br)cc12. The number of halogens is 1. The van der Waals surface area contributed by atoms with Crippen molar-refractivity contribution in [3.8, 4) is 0 Å². The van der Waals surface area contributed by atoms with Crippen LogP contribution in [0, 0.1) is 0 Å². The molecule has 0 saturated carbocycles. The fraction of sp³-hybridized carbons (Fsp3) is 0.556. The lowest BCUT2D eigenvalue weighted by Gasteiger charge is -2.15. The van der Waals surface area contributed by atoms with E-state index < -0.39 is 8.07 Å². The van der Waals surface area contributed by atoms with Crippen molar-refractivity contribution in [2.75, 3.05) is 20.3 Å². The summed E-state index contributed by atoms with van der Waals surface area (Å²) in [6.45, 7) is 9.43. The monoisotopic (exact) mass is 397 g/mol. The number of benzene rings is 1. The Bertz CT molecular complexity index is 634. The summed E-state index contributed by atoms with van der Waals surface area (Å²) in [7, 11) is 0.729. The second kappa shape index (κ2) is 8.47. The van der Waals surface area contributed by atoms with E-state index in [-0.39, 0.29) is 0 Å². The molecule has 2 rings (SSSR count). The van der Waals surface area contributed by atoms with Crippen molar-refractivity contribution in [1.29, 1.82) is 0 Å². The number of ether oxygens (including phenoxy) is 2. The molecule has 0 radical (unpaired) electrons. The lowest BCUT2D eigenvalue weighted by Crippen LogP contribution is -2.21. The molecule has 0 fully saturated rings. The van der Waals surface area contributed by atoms with Gasteiger partial charge in [0.2, 0.25) is 0 Å². The van der Waals surface area contributed by atoms with Crippen molar-refractivity contribution < 1.29 is 9.47 Å². The Balaban J connectivity index is 2.09. The van der Waals surface area contributed by atoms with Gasteiger partial charge < -0.3 is 14.0 Å². The van der Waals surface area contributed by atoms with E-state index in [2.05, 4.69) is 64.5 Å². The standard InChI is InChI=1S/C18H28BrNO2Si/c1-21-9-5-6-15-13-20(14-22-10-11-23(2,3)4)18-8-7-16(19)12-17(15)18/h7-8,12-13H,5-6,9-11,14H2,1-4H3. The molecule has 3 nitrogen and oxygen atoms in total. The lowest BCUT2D eigenvalue weighted by atomic mass is 10.1. The molecule has 0 aliphatic rings. The Morgan fingerprint density at radius 1 is 1.17 bits per heavy atom. The summed E-state index contributed by atoms with van der Waals surface area (Å²) in [5.74, 6) is 0. The highest BCUT2D eigenvalue weighted by Crippen LogP contribution is 2.26. The summed E-state index contributed by atoms with van der Waals surface area (Å²) in [5, 5.41) is 1.31. The second-order valence-corrected chi connectivity index (χ2v) is 13.8. The molecular formula is C18H28BrNO2Si. The molecule has 0 bridgehead atoms. The molecule has 0 aliphatic heterocycles. The zero-order chi connectivity index (χ0) is 16.9. The molecule has 1 heterocycles. The smallest absolute Gasteiger partial charge is 0.122 e. The van der Waals surface area contributed by atoms with E-state index in [9.17, 15) is 0 Å². The number of nitrogens with zero attached hydrogens (tertiary/aromatic N) is 1. The maximum Gasteiger partial charge on any atom is 0.122 e. The van der Waals surface area contributed by atoms with Gasteiger partial charge >= 0.3 is 0 Å². The Hall–Kier alpha value is -0.623. The van der Waals surface area contributed by atoms with Crippen molar-refractivity contribution in [2.45, 2.75) is 45.3 Å². The topological polar surface area (TPSA) is 23.4 Å². The number of hydrogen-bond acceptors (Lipinski definition) is 2. The van der Waals surface area contributed by atoms with Crippen LogP contribution in [0.1, 0.15) is 12.0 Å². The molecule has 0 N–H and O–H groups in total. The van der Waals surface area contributed by atoms with Crippen LogP contribution >= 0.6 is 15.9 Å². The molecule has 0 spiro atoms. The number of rotatable bonds is 9. The van der Waals surface area contributed by atoms with Gasteiger partial charge in [0.1, 0.15) is 6.73 Å². The first-order valence-corrected chi connectivity index (χ1v) is 12.7. The molecule has 0 saturated heterocycles. The molecular weight excluding hydrogens is 370 g/mol. The van der Waals surface area contributed by atoms with Gasteiger partial charge in [0.25, 0.3) is 0 Å². The van der Waals surface area contributed by atoms with Crippen LogP contribution in [-0.2, 0) is 22.6 Å². The van der Waals surface area contributed by atoms with E-state index in [1.54, 1.807) is 7.11 Å². The number of fused-ring (bicyclic) bond motifs is 1. The van der Waals surface area contributed by atoms with Crippen LogP contribution in [0.25, 0.3) is 10.9 Å². The highest BCUT2D eigenvalue weighted by Gasteiger charge is 2.13. The zero-order valence-electron chi connectivity index (χ0n) is 14.7. The Morgan fingerprint density at radius 3 is 2.65 bits per heavy atom. The van der Waals surface area contributed by atoms with Gasteiger partial charge in [-0.2, -0.15) is 0 Å². The summed E-state index contributed by atoms with van der Waals surface area (Å²) in [4.78, 5) is 0. The summed E-state index contributed by atoms with van der Waals surface area (Å²) in [6, 6.07) is 7.68. The fourth-order valence-corrected chi connectivity index (χ4v) is 3.72. The maximum atomic E-state index is 5.93. The van der Waals surface area contributed by atoms with Gasteiger partial charge in [-0.3, -0.25) is 0 Å². The Labute approximate surface area is 149 Å². The fourth-order valence-electron chi connectivity index (χ4n) is 2.60. The summed E-state index contributed by atoms with van der Waals surface area (Å²) in [5.41, 5.74) is 2.61. The zero-order valence-corrected chi connectivity index (χ0v) is 17.3. The highest BCUT2D eigenvalue weighted by atomic mass is 79.9. The quantitative estimate of drug-likeness (QED) is 0.423. The summed E-state index contributed by atoms with van der Waals surface area (Å²) < 4.78 is 14.5. The van der Waals surface area contributed by atoms with Gasteiger partial charge in [-0.25, -0.2) is 0 Å². The third-order valence-corrected chi connectivity index (χ3v) is 6.14. The van der Waals surface area contributed by atoms with Crippen LogP contribution < -0.4 is 0 Å². The first kappa shape index (κ1) is 18.7. The molecule has 0 aliphatic carbocycles. The van der Waals surface area contributed by atoms with Gasteiger partial charge in [0.05, 0.1) is 5.52 Å². The van der Waals surface area contributed by atoms with Crippen LogP contribution in [0.4, 0.5) is 0 Å². The molecule has 0 amide bonds. The van der Waals surface area contributed by atoms with Crippen LogP contribution in [0.2, 0.25) is 25.7 Å². The number of methoxy groups -OCH3 is 1. The van der Waals surface area contributed by atoms with Gasteiger partial charge in [0, 0.05) is 44.5 Å². The second-order valence-electron chi connectivity index (χ2n) is 7.23. The first-order valence-electron chi connectivity index (χ1n) is 8.25. The summed E-state index contributed by atoms with van der Waals surface area (Å²) in [6.07, 6.45) is 4.31. The predicted octanol–water partition coefficient (Wildman–Crippen LogP) is 5.30. The van der Waals surface area contributed by atoms with E-state index in [1.807, 2.05) is 0 Å². The molecule has 1 aromatic heterocycles. The normalized spacial score (nSPS) is 12.2. The van der Waals surface area contributed by atoms with Crippen molar-refractivity contribution in [2.24, 2.45) is 0 Å². The minimum atomic E-state index is -1.03. The van der Waals surface area contributed by atoms with Gasteiger partial charge in [-0.15, -0.1) is 0 Å². The van der Waals surface area contributed by atoms with Gasteiger partial charge in [-0.1, -0.05) is 35.6 Å². The van der Waals surface area contributed by atoms with E-state index >= 15 is 0 Å². The first-order chi connectivity index (χ1) is 10.9. The van der Waals surface area contributed by atoms with Crippen molar-refractivity contribution in [3.05, 3.63) is 34.4 Å². The lowest BCUT2D eigenvalue weighted by molar-refractivity contribution is 0.0901. The summed E-state index contributed by atoms with van der Waals surface area (Å²) >= 11 is 3.58. The third kappa shape index (κ3) is 5.75. The average molecular weight is 398 g/mol. The average Bonchev–Trinajstić information content (AvgIpc) is 2.80. The largest absolute Gasteiger partial charge is 0.385 e. The van der Waals surface area contributed by atoms with E-state index in [1.165, 1.54) is 22.5 Å². The van der Waals surface area contributed by atoms with Gasteiger partial charge in [0.15, 0.2) is 0 Å². The number of aromatic nitrogens is 1. The molecule has 128 valence electrons. The van der Waals surface area contributed by atoms with Crippen molar-refractivity contribution in [1.82, 2.24) is 4.57 Å². The minimum Gasteiger partial charge on any atom is -0.385 e. The minimum absolute atomic E-state index is 0.632. The van der Waals surface area contributed by atoms with Crippen molar-refractivity contribution in [3.63, 3.8) is 0 Å². The molecule has 23 heavy (non-hydrogen) atoms. The molecule has 2 aromatic rings. The van der Waals surface area contributed by atoms with Crippen LogP contribution in [0.5, 0.6) is 0 Å². The molecule has 0 atom stereocenters. The van der Waals surface area contributed by atoms with E-state index in [4.69, 9.17) is 9.47 Å². The van der Waals surface area contributed by atoms with E-state index in [0.717, 1.165) is 30.5 Å². The van der Waals surface area contributed by atoms with Crippen molar-refractivity contribution >= 4 is 34.9 Å². The van der Waals surface area contributed by atoms with Gasteiger partial charge in [-0.05, 0) is 42.6 Å². The highest BCUT2D eigenvalue weighted by molar-refractivity contribution is 9.10. The van der Waals surface area contributed by atoms with Crippen LogP contribution in [-0.4, -0.2) is 33.0 Å². The van der Waals surface area contributed by atoms with E-state index in [0.29, 0.717) is 6.73 Å². The number of hydrogen-bond donors (Lipinski definition) is 0. The maximum absolute atomic E-state index is 5.93. The molecule has 1 aromatic carbocycles. The third-order valence-electron chi connectivity index (χ3n) is 3.95. The number of aryl methyl sites for hydroxylation is 1. The predicted molar refractivity (Wildman–Crippen MR) is 104 cm³/mol. The Kier molecular flexibility index (Phi) is 6.89. The van der Waals surface area contributed by atoms with Crippen LogP contribution in [0.15, 0.2) is 28.9 Å².